The number of unbranched alkanes of at least 4 members (excludes halogenated alkanes) is 1. The van der Waals surface area contributed by atoms with E-state index in [1.54, 1.807) is 14.2 Å². The van der Waals surface area contributed by atoms with Gasteiger partial charge in [-0.2, -0.15) is 0 Å². The minimum Gasteiger partial charge on any atom is -0.497 e. The molecule has 1 saturated heterocycles. The molecule has 1 saturated carbocycles. The van der Waals surface area contributed by atoms with Crippen LogP contribution in [0.5, 0.6) is 11.5 Å². The van der Waals surface area contributed by atoms with Gasteiger partial charge in [0.2, 0.25) is 5.91 Å². The number of fused-ring (bicyclic) bond motifs is 1. The first-order chi connectivity index (χ1) is 16.0. The fourth-order valence-electron chi connectivity index (χ4n) is 5.85. The van der Waals surface area contributed by atoms with Gasteiger partial charge in [0.05, 0.1) is 26.4 Å². The summed E-state index contributed by atoms with van der Waals surface area (Å²) in [5, 5.41) is 14.8. The molecule has 2 aliphatic rings. The smallest absolute Gasteiger partial charge is 0.234 e. The summed E-state index contributed by atoms with van der Waals surface area (Å²) in [4.78, 5) is 15.3. The van der Waals surface area contributed by atoms with Gasteiger partial charge in [-0.1, -0.05) is 46.0 Å². The lowest BCUT2D eigenvalue weighted by Crippen LogP contribution is -2.56. The molecule has 1 amide bonds. The largest absolute Gasteiger partial charge is 0.497 e. The molecule has 6 heteroatoms. The molecule has 6 nitrogen and oxygen atoms in total. The molecule has 1 aromatic carbocycles. The Hall–Kier alpha value is -1.79. The van der Waals surface area contributed by atoms with Crippen LogP contribution >= 0.6 is 0 Å². The zero-order chi connectivity index (χ0) is 23.8. The van der Waals surface area contributed by atoms with Gasteiger partial charge in [0.25, 0.3) is 0 Å². The van der Waals surface area contributed by atoms with Gasteiger partial charge in [0.1, 0.15) is 11.5 Å². The Morgan fingerprint density at radius 1 is 1.24 bits per heavy atom. The quantitative estimate of drug-likeness (QED) is 0.501. The highest BCUT2D eigenvalue weighted by Gasteiger charge is 2.50. The van der Waals surface area contributed by atoms with Gasteiger partial charge >= 0.3 is 0 Å². The zero-order valence-electron chi connectivity index (χ0n) is 21.1. The predicted molar refractivity (Wildman–Crippen MR) is 132 cm³/mol. The summed E-state index contributed by atoms with van der Waals surface area (Å²) < 4.78 is 11.2. The van der Waals surface area contributed by atoms with Crippen molar-refractivity contribution in [2.24, 2.45) is 11.8 Å². The molecule has 4 atom stereocenters. The average molecular weight is 461 g/mol. The number of nitrogens with zero attached hydrogens (tertiary/aromatic N) is 1. The van der Waals surface area contributed by atoms with Crippen LogP contribution in [0.25, 0.3) is 0 Å². The molecular weight excluding hydrogens is 416 g/mol. The van der Waals surface area contributed by atoms with Crippen molar-refractivity contribution in [2.75, 3.05) is 33.9 Å². The molecule has 1 aliphatic heterocycles. The second-order valence-electron chi connectivity index (χ2n) is 9.95. The first kappa shape index (κ1) is 25.8. The number of nitrogens with one attached hydrogen (secondary N) is 1. The number of amides is 1. The number of carbonyl (C=O) groups excluding carboxylic acids is 1. The first-order valence-corrected chi connectivity index (χ1v) is 12.9. The van der Waals surface area contributed by atoms with Crippen LogP contribution in [0.3, 0.4) is 0 Å². The molecule has 1 aromatic rings. The average Bonchev–Trinajstić information content (AvgIpc) is 2.83. The van der Waals surface area contributed by atoms with Gasteiger partial charge in [-0.05, 0) is 49.8 Å². The molecular formula is C27H44N2O4. The molecule has 0 radical (unpaired) electrons. The first-order valence-electron chi connectivity index (χ1n) is 12.9. The zero-order valence-corrected chi connectivity index (χ0v) is 21.1. The van der Waals surface area contributed by atoms with Crippen LogP contribution in [-0.2, 0) is 4.79 Å². The van der Waals surface area contributed by atoms with Crippen LogP contribution in [0.2, 0.25) is 0 Å². The molecule has 0 aromatic heterocycles. The van der Waals surface area contributed by atoms with Crippen LogP contribution in [0, 0.1) is 11.8 Å². The van der Waals surface area contributed by atoms with Crippen molar-refractivity contribution in [3.63, 3.8) is 0 Å². The van der Waals surface area contributed by atoms with Gasteiger partial charge < -0.3 is 19.9 Å². The third-order valence-electron chi connectivity index (χ3n) is 7.90. The number of benzene rings is 1. The summed E-state index contributed by atoms with van der Waals surface area (Å²) >= 11 is 0. The van der Waals surface area contributed by atoms with E-state index in [4.69, 9.17) is 9.47 Å². The number of aliphatic hydroxyl groups is 1. The van der Waals surface area contributed by atoms with E-state index >= 15 is 0 Å². The van der Waals surface area contributed by atoms with Crippen molar-refractivity contribution in [1.29, 1.82) is 0 Å². The van der Waals surface area contributed by atoms with Crippen molar-refractivity contribution in [3.8, 4) is 11.5 Å². The highest BCUT2D eigenvalue weighted by molar-refractivity contribution is 5.78. The number of methoxy groups -OCH3 is 2. The van der Waals surface area contributed by atoms with Crippen LogP contribution in [0.1, 0.15) is 83.2 Å². The normalized spacial score (nSPS) is 26.3. The molecule has 186 valence electrons. The number of rotatable bonds is 11. The third-order valence-corrected chi connectivity index (χ3v) is 7.90. The summed E-state index contributed by atoms with van der Waals surface area (Å²) in [7, 11) is 3.34. The maximum atomic E-state index is 13.0. The highest BCUT2D eigenvalue weighted by atomic mass is 16.5. The number of likely N-dealkylation sites (tertiary alicyclic amines) is 1. The molecule has 0 spiro atoms. The van der Waals surface area contributed by atoms with Gasteiger partial charge in [-0.25, -0.2) is 0 Å². The number of hydrogen-bond donors (Lipinski definition) is 2. The summed E-state index contributed by atoms with van der Waals surface area (Å²) in [6.45, 7) is 6.18. The van der Waals surface area contributed by atoms with E-state index in [1.807, 2.05) is 18.2 Å². The van der Waals surface area contributed by atoms with E-state index in [0.717, 1.165) is 62.1 Å². The SMILES string of the molecule is CCCC[C@H](CC)CNC(=O)CN1CC[C@]2(O)CCCC[C@@H]2[C@@H]1c1cc(OC)ccc1OC. The van der Waals surface area contributed by atoms with Crippen molar-refractivity contribution in [1.82, 2.24) is 10.2 Å². The number of piperidine rings is 1. The van der Waals surface area contributed by atoms with Gasteiger partial charge in [0, 0.05) is 30.6 Å². The Morgan fingerprint density at radius 3 is 2.76 bits per heavy atom. The molecule has 1 aliphatic carbocycles. The summed E-state index contributed by atoms with van der Waals surface area (Å²) in [5.41, 5.74) is 0.321. The van der Waals surface area contributed by atoms with E-state index in [2.05, 4.69) is 24.1 Å². The van der Waals surface area contributed by atoms with Gasteiger partial charge in [-0.15, -0.1) is 0 Å². The Balaban J connectivity index is 1.82. The Labute approximate surface area is 200 Å². The Bertz CT molecular complexity index is 770. The van der Waals surface area contributed by atoms with E-state index in [-0.39, 0.29) is 17.9 Å². The van der Waals surface area contributed by atoms with Crippen molar-refractivity contribution < 1.29 is 19.4 Å². The number of hydrogen-bond acceptors (Lipinski definition) is 5. The van der Waals surface area contributed by atoms with Crippen molar-refractivity contribution in [2.45, 2.75) is 83.3 Å². The molecule has 1 heterocycles. The fraction of sp³-hybridized carbons (Fsp3) is 0.741. The minimum absolute atomic E-state index is 0.0676. The standard InChI is InChI=1S/C27H44N2O4/c1-5-7-10-20(6-2)18-28-25(30)19-29-16-15-27(31)14-9-8-11-23(27)26(29)22-17-21(32-3)12-13-24(22)33-4/h12-13,17,20,23,26,31H,5-11,14-16,18-19H2,1-4H3,(H,28,30)/t20-,23+,26-,27+/m0/s1. The van der Waals surface area contributed by atoms with Crippen LogP contribution in [0.4, 0.5) is 0 Å². The topological polar surface area (TPSA) is 71.0 Å². The Morgan fingerprint density at radius 2 is 2.06 bits per heavy atom. The summed E-state index contributed by atoms with van der Waals surface area (Å²) in [5.74, 6) is 2.22. The Kier molecular flexibility index (Phi) is 9.45. The monoisotopic (exact) mass is 460 g/mol. The second kappa shape index (κ2) is 12.1. The molecule has 0 unspecified atom stereocenters. The highest BCUT2D eigenvalue weighted by Crippen LogP contribution is 2.51. The number of ether oxygens (including phenoxy) is 2. The summed E-state index contributed by atoms with van der Waals surface area (Å²) in [6, 6.07) is 5.77. The van der Waals surface area contributed by atoms with Crippen molar-refractivity contribution >= 4 is 5.91 Å². The third kappa shape index (κ3) is 6.21. The molecule has 2 N–H and O–H groups in total. The van der Waals surface area contributed by atoms with E-state index in [1.165, 1.54) is 12.8 Å². The van der Waals surface area contributed by atoms with E-state index in [9.17, 15) is 9.90 Å². The number of carbonyl (C=O) groups is 1. The van der Waals surface area contributed by atoms with E-state index in [0.29, 0.717) is 25.4 Å². The molecule has 33 heavy (non-hydrogen) atoms. The van der Waals surface area contributed by atoms with Crippen LogP contribution in [-0.4, -0.2) is 55.4 Å². The maximum Gasteiger partial charge on any atom is 0.234 e. The minimum atomic E-state index is -0.683. The fourth-order valence-corrected chi connectivity index (χ4v) is 5.85. The lowest BCUT2D eigenvalue weighted by Gasteiger charge is -2.52. The van der Waals surface area contributed by atoms with Crippen LogP contribution < -0.4 is 14.8 Å². The predicted octanol–water partition coefficient (Wildman–Crippen LogP) is 4.70. The van der Waals surface area contributed by atoms with Gasteiger partial charge in [0.15, 0.2) is 0 Å². The van der Waals surface area contributed by atoms with Crippen LogP contribution in [0.15, 0.2) is 18.2 Å². The molecule has 3 rings (SSSR count). The summed E-state index contributed by atoms with van der Waals surface area (Å²) in [6.07, 6.45) is 9.30. The molecule has 0 bridgehead atoms. The lowest BCUT2D eigenvalue weighted by molar-refractivity contribution is -0.138. The van der Waals surface area contributed by atoms with E-state index < -0.39 is 5.60 Å². The molecule has 2 fully saturated rings. The second-order valence-corrected chi connectivity index (χ2v) is 9.95. The lowest BCUT2D eigenvalue weighted by atomic mass is 9.66. The van der Waals surface area contributed by atoms with Gasteiger partial charge in [-0.3, -0.25) is 9.69 Å². The maximum absolute atomic E-state index is 13.0. The van der Waals surface area contributed by atoms with Crippen molar-refractivity contribution in [3.05, 3.63) is 23.8 Å².